The Morgan fingerprint density at radius 1 is 0.372 bits per heavy atom. The third kappa shape index (κ3) is 57.9. The van der Waals surface area contributed by atoms with Gasteiger partial charge in [-0.1, -0.05) is 258 Å². The number of carbonyl (C=O) groups excluding carboxylic acids is 4. The minimum Gasteiger partial charge on any atom is -0.462 e. The van der Waals surface area contributed by atoms with Gasteiger partial charge in [0, 0.05) is 25.7 Å². The van der Waals surface area contributed by atoms with E-state index in [0.29, 0.717) is 25.7 Å². The largest absolute Gasteiger partial charge is 0.472 e. The van der Waals surface area contributed by atoms with E-state index in [1.165, 1.54) is 103 Å². The van der Waals surface area contributed by atoms with Gasteiger partial charge in [0.1, 0.15) is 19.3 Å². The number of aliphatic hydroxyl groups excluding tert-OH is 1. The van der Waals surface area contributed by atoms with Crippen LogP contribution < -0.4 is 0 Å². The maximum Gasteiger partial charge on any atom is 0.472 e. The molecule has 0 saturated carbocycles. The van der Waals surface area contributed by atoms with E-state index in [1.54, 1.807) is 0 Å². The average molecular weight is 1270 g/mol. The molecule has 0 aromatic rings. The van der Waals surface area contributed by atoms with Gasteiger partial charge in [0.15, 0.2) is 12.2 Å². The van der Waals surface area contributed by atoms with Gasteiger partial charge < -0.3 is 33.8 Å². The van der Waals surface area contributed by atoms with E-state index in [1.807, 2.05) is 0 Å². The minimum absolute atomic E-state index is 0.0842. The number of phosphoric ester groups is 2. The first-order chi connectivity index (χ1) is 41.4. The maximum absolute atomic E-state index is 13.0. The molecule has 0 fully saturated rings. The second kappa shape index (κ2) is 58.9. The topological polar surface area (TPSA) is 237 Å². The van der Waals surface area contributed by atoms with Crippen LogP contribution in [0.15, 0.2) is 24.3 Å². The Bertz CT molecular complexity index is 1780. The quantitative estimate of drug-likeness (QED) is 0.0169. The van der Waals surface area contributed by atoms with Crippen LogP contribution in [-0.2, 0) is 65.4 Å². The molecule has 0 aromatic heterocycles. The van der Waals surface area contributed by atoms with Crippen molar-refractivity contribution >= 4 is 39.5 Å². The molecule has 0 bridgehead atoms. The summed E-state index contributed by atoms with van der Waals surface area (Å²) in [6.07, 6.45) is 45.3. The number of hydrogen-bond acceptors (Lipinski definition) is 15. The molecule has 506 valence electrons. The standard InChI is InChI=1S/C67H126O17P2/c1-7-11-13-15-17-18-19-20-21-22-23-24-33-39-45-51-66(71)83-63(56-78-65(70)50-44-38-32-27-25-30-35-41-47-59(5)9-3)58-82-86(75,76)80-54-61(68)53-79-85(73,74)81-57-62(55-77-64(69)49-43-37-29-16-14-12-8-2)84-67(72)52-46-40-34-28-26-31-36-42-48-60(6)10-4/h18-21,59-63,68H,7-17,22-58H2,1-6H3,(H,73,74)(H,75,76)/b19-18-,21-20-/t59?,60?,61-,62+,63+/m0/s1. The van der Waals surface area contributed by atoms with E-state index in [0.717, 1.165) is 127 Å². The molecule has 0 aliphatic carbocycles. The van der Waals surface area contributed by atoms with E-state index < -0.39 is 97.5 Å². The van der Waals surface area contributed by atoms with Gasteiger partial charge in [0.05, 0.1) is 26.4 Å². The van der Waals surface area contributed by atoms with Crippen LogP contribution in [0.25, 0.3) is 0 Å². The smallest absolute Gasteiger partial charge is 0.462 e. The monoisotopic (exact) mass is 1260 g/mol. The SMILES string of the molecule is CCCCCC/C=C\C=C/CCCCCCCC(=O)O[C@H](COC(=O)CCCCCCCCCCC(C)CC)COP(=O)(O)OC[C@@H](O)COP(=O)(O)OC[C@@H](COC(=O)CCCCCCCCC)OC(=O)CCCCCCCCCCC(C)CC. The van der Waals surface area contributed by atoms with Gasteiger partial charge in [-0.05, 0) is 63.2 Å². The molecule has 0 rings (SSSR count). The maximum atomic E-state index is 13.0. The van der Waals surface area contributed by atoms with Gasteiger partial charge in [-0.2, -0.15) is 0 Å². The van der Waals surface area contributed by atoms with E-state index in [-0.39, 0.29) is 25.7 Å². The van der Waals surface area contributed by atoms with Crippen molar-refractivity contribution in [3.05, 3.63) is 24.3 Å². The number of phosphoric acid groups is 2. The summed E-state index contributed by atoms with van der Waals surface area (Å²) in [5.74, 6) is -0.623. The molecule has 19 heteroatoms. The average Bonchev–Trinajstić information content (AvgIpc) is 3.56. The highest BCUT2D eigenvalue weighted by molar-refractivity contribution is 7.47. The fraction of sp³-hybridized carbons (Fsp3) is 0.881. The molecule has 0 aliphatic heterocycles. The Morgan fingerprint density at radius 2 is 0.651 bits per heavy atom. The van der Waals surface area contributed by atoms with Crippen LogP contribution in [-0.4, -0.2) is 96.7 Å². The number of aliphatic hydroxyl groups is 1. The summed E-state index contributed by atoms with van der Waals surface area (Å²) in [5.41, 5.74) is 0. The zero-order valence-electron chi connectivity index (χ0n) is 55.1. The van der Waals surface area contributed by atoms with Crippen molar-refractivity contribution in [3.63, 3.8) is 0 Å². The van der Waals surface area contributed by atoms with Crippen molar-refractivity contribution < 1.29 is 80.2 Å². The summed E-state index contributed by atoms with van der Waals surface area (Å²) in [7, 11) is -9.90. The summed E-state index contributed by atoms with van der Waals surface area (Å²) >= 11 is 0. The lowest BCUT2D eigenvalue weighted by atomic mass is 9.99. The van der Waals surface area contributed by atoms with Crippen LogP contribution in [0.3, 0.4) is 0 Å². The van der Waals surface area contributed by atoms with Gasteiger partial charge in [0.25, 0.3) is 0 Å². The predicted molar refractivity (Wildman–Crippen MR) is 344 cm³/mol. The zero-order chi connectivity index (χ0) is 63.6. The van der Waals surface area contributed by atoms with Crippen LogP contribution >= 0.6 is 15.6 Å². The number of rotatable bonds is 64. The van der Waals surface area contributed by atoms with Crippen LogP contribution in [0, 0.1) is 11.8 Å². The Hall–Kier alpha value is -2.46. The normalized spacial score (nSPS) is 15.0. The number of allylic oxidation sites excluding steroid dienone is 4. The van der Waals surface area contributed by atoms with Crippen molar-refractivity contribution in [1.29, 1.82) is 0 Å². The van der Waals surface area contributed by atoms with Crippen molar-refractivity contribution in [1.82, 2.24) is 0 Å². The second-order valence-electron chi connectivity index (χ2n) is 24.0. The molecule has 3 N–H and O–H groups in total. The lowest BCUT2D eigenvalue weighted by Crippen LogP contribution is -2.30. The molecular formula is C67H126O17P2. The summed E-state index contributed by atoms with van der Waals surface area (Å²) in [6.45, 7) is 9.41. The molecule has 0 aromatic carbocycles. The number of ether oxygens (including phenoxy) is 4. The van der Waals surface area contributed by atoms with Crippen LogP contribution in [0.2, 0.25) is 0 Å². The molecule has 4 unspecified atom stereocenters. The molecule has 0 saturated heterocycles. The summed E-state index contributed by atoms with van der Waals surface area (Å²) in [5, 5.41) is 10.5. The van der Waals surface area contributed by atoms with Gasteiger partial charge >= 0.3 is 39.5 Å². The van der Waals surface area contributed by atoms with E-state index in [4.69, 9.17) is 37.0 Å². The number of esters is 4. The lowest BCUT2D eigenvalue weighted by molar-refractivity contribution is -0.161. The first-order valence-corrected chi connectivity index (χ1v) is 37.4. The number of hydrogen-bond donors (Lipinski definition) is 3. The van der Waals surface area contributed by atoms with E-state index in [2.05, 4.69) is 65.8 Å². The fourth-order valence-corrected chi connectivity index (χ4v) is 11.0. The van der Waals surface area contributed by atoms with Crippen LogP contribution in [0.5, 0.6) is 0 Å². The van der Waals surface area contributed by atoms with Crippen molar-refractivity contribution in [2.75, 3.05) is 39.6 Å². The summed E-state index contributed by atoms with van der Waals surface area (Å²) in [6, 6.07) is 0. The van der Waals surface area contributed by atoms with Gasteiger partial charge in [-0.15, -0.1) is 0 Å². The van der Waals surface area contributed by atoms with Crippen LogP contribution in [0.4, 0.5) is 0 Å². The van der Waals surface area contributed by atoms with E-state index >= 15 is 0 Å². The highest BCUT2D eigenvalue weighted by Gasteiger charge is 2.30. The third-order valence-corrected chi connectivity index (χ3v) is 17.5. The first-order valence-electron chi connectivity index (χ1n) is 34.4. The van der Waals surface area contributed by atoms with Crippen molar-refractivity contribution in [2.24, 2.45) is 11.8 Å². The summed E-state index contributed by atoms with van der Waals surface area (Å²) < 4.78 is 68.0. The van der Waals surface area contributed by atoms with Crippen molar-refractivity contribution in [2.45, 2.75) is 330 Å². The van der Waals surface area contributed by atoms with E-state index in [9.17, 15) is 43.2 Å². The van der Waals surface area contributed by atoms with Crippen LogP contribution in [0.1, 0.15) is 311 Å². The minimum atomic E-state index is -4.96. The highest BCUT2D eigenvalue weighted by Crippen LogP contribution is 2.45. The van der Waals surface area contributed by atoms with Crippen molar-refractivity contribution in [3.8, 4) is 0 Å². The zero-order valence-corrected chi connectivity index (χ0v) is 56.9. The molecule has 7 atom stereocenters. The Kier molecular flexibility index (Phi) is 57.2. The Labute approximate surface area is 522 Å². The number of unbranched alkanes of at least 4 members (excludes halogenated alkanes) is 29. The fourth-order valence-electron chi connectivity index (χ4n) is 9.46. The molecular weight excluding hydrogens is 1140 g/mol. The molecule has 0 heterocycles. The van der Waals surface area contributed by atoms with Gasteiger partial charge in [-0.25, -0.2) is 9.13 Å². The lowest BCUT2D eigenvalue weighted by Gasteiger charge is -2.21. The molecule has 0 radical (unpaired) electrons. The third-order valence-electron chi connectivity index (χ3n) is 15.6. The molecule has 0 amide bonds. The summed E-state index contributed by atoms with van der Waals surface area (Å²) in [4.78, 5) is 72.2. The highest BCUT2D eigenvalue weighted by atomic mass is 31.2. The Balaban J connectivity index is 5.27. The number of carbonyl (C=O) groups is 4. The van der Waals surface area contributed by atoms with Gasteiger partial charge in [0.2, 0.25) is 0 Å². The molecule has 17 nitrogen and oxygen atoms in total. The molecule has 0 spiro atoms. The molecule has 86 heavy (non-hydrogen) atoms. The first kappa shape index (κ1) is 83.5. The Morgan fingerprint density at radius 3 is 0.988 bits per heavy atom. The second-order valence-corrected chi connectivity index (χ2v) is 26.9. The van der Waals surface area contributed by atoms with Gasteiger partial charge in [-0.3, -0.25) is 37.3 Å². The molecule has 0 aliphatic rings. The predicted octanol–water partition coefficient (Wildman–Crippen LogP) is 18.4.